The highest BCUT2D eigenvalue weighted by Gasteiger charge is 2.70. The molecule has 2 saturated carbocycles. The topological polar surface area (TPSA) is 201 Å². The van der Waals surface area contributed by atoms with Crippen LogP contribution in [0.2, 0.25) is 0 Å². The van der Waals surface area contributed by atoms with Crippen molar-refractivity contribution in [2.24, 2.45) is 39.7 Å². The van der Waals surface area contributed by atoms with Crippen LogP contribution in [0.15, 0.2) is 18.5 Å². The lowest BCUT2D eigenvalue weighted by Gasteiger charge is -2.39. The number of aromatic nitrogens is 1. The fraction of sp³-hybridized carbons (Fsp3) is 0.667. The second-order valence-electron chi connectivity index (χ2n) is 17.2. The summed E-state index contributed by atoms with van der Waals surface area (Å²) < 4.78 is 0. The van der Waals surface area contributed by atoms with Crippen LogP contribution in [0.4, 0.5) is 4.79 Å². The molecule has 1 aromatic rings. The normalized spacial score (nSPS) is 24.4. The van der Waals surface area contributed by atoms with Gasteiger partial charge in [0.1, 0.15) is 12.1 Å². The molecular weight excluding hydrogens is 642 g/mol. The molecule has 3 fully saturated rings. The number of nitrogens with two attached hydrogens (primary N) is 1. The molecule has 2 aliphatic heterocycles. The quantitative estimate of drug-likeness (QED) is 0.199. The number of carbonyl (C=O) groups excluding carboxylic acids is 7. The van der Waals surface area contributed by atoms with Crippen molar-refractivity contribution in [1.82, 2.24) is 30.7 Å². The number of nitrogens with zero attached hydrogens (tertiary/aromatic N) is 3. The van der Waals surface area contributed by atoms with Crippen molar-refractivity contribution in [3.63, 3.8) is 0 Å². The van der Waals surface area contributed by atoms with E-state index in [2.05, 4.69) is 20.9 Å². The smallest absolute Gasteiger partial charge is 0.315 e. The zero-order valence-corrected chi connectivity index (χ0v) is 30.3. The number of fused-ring (bicyclic) bond motifs is 2. The Labute approximate surface area is 293 Å². The van der Waals surface area contributed by atoms with E-state index in [0.29, 0.717) is 13.0 Å². The van der Waals surface area contributed by atoms with Crippen LogP contribution in [0, 0.1) is 34.0 Å². The van der Waals surface area contributed by atoms with Gasteiger partial charge in [0.25, 0.3) is 17.7 Å². The van der Waals surface area contributed by atoms with Crippen LogP contribution in [0.1, 0.15) is 102 Å². The Balaban J connectivity index is 1.33. The number of carbonyl (C=O) groups is 7. The number of piperidine rings is 1. The zero-order valence-electron chi connectivity index (χ0n) is 30.3. The molecule has 0 bridgehead atoms. The molecule has 1 aromatic heterocycles. The molecule has 2 aliphatic carbocycles. The Kier molecular flexibility index (Phi) is 9.65. The molecule has 4 aliphatic rings. The van der Waals surface area contributed by atoms with Crippen LogP contribution in [0.5, 0.6) is 0 Å². The lowest BCUT2D eigenvalue weighted by atomic mass is 9.80. The summed E-state index contributed by atoms with van der Waals surface area (Å²) in [6.45, 7) is 15.3. The SMILES string of the molecule is CC(C)(C)[C@H](NC(=O)N[C@H](CN1C(=O)c2ccncc2C1=O)C(C)(C)C)C(=O)N1C[C@H]2[C@@H]([C@H]1C(=O)NC(CC1CCC1)C(=O)C(N)=O)C2(C)C. The molecule has 5 N–H and O–H groups in total. The molecule has 3 heterocycles. The lowest BCUT2D eigenvalue weighted by molar-refractivity contribution is -0.145. The number of imide groups is 1. The Hall–Kier alpha value is -4.36. The number of urea groups is 1. The zero-order chi connectivity index (χ0) is 37.1. The third kappa shape index (κ3) is 6.98. The number of hydrogen-bond donors (Lipinski definition) is 4. The molecule has 14 nitrogen and oxygen atoms in total. The van der Waals surface area contributed by atoms with Crippen molar-refractivity contribution < 1.29 is 33.6 Å². The maximum atomic E-state index is 14.4. The van der Waals surface area contributed by atoms with Gasteiger partial charge in [-0.2, -0.15) is 0 Å². The highest BCUT2D eigenvalue weighted by atomic mass is 16.2. The van der Waals surface area contributed by atoms with Gasteiger partial charge in [0.2, 0.25) is 17.6 Å². The van der Waals surface area contributed by atoms with Crippen LogP contribution in [-0.2, 0) is 19.2 Å². The minimum absolute atomic E-state index is 0.0358. The number of hydrogen-bond acceptors (Lipinski definition) is 8. The summed E-state index contributed by atoms with van der Waals surface area (Å²) in [4.78, 5) is 99.5. The summed E-state index contributed by atoms with van der Waals surface area (Å²) in [6.07, 6.45) is 5.92. The summed E-state index contributed by atoms with van der Waals surface area (Å²) in [5, 5.41) is 8.52. The van der Waals surface area contributed by atoms with Crippen LogP contribution in [0.3, 0.4) is 0 Å². The van der Waals surface area contributed by atoms with Gasteiger partial charge >= 0.3 is 6.03 Å². The maximum Gasteiger partial charge on any atom is 0.315 e. The summed E-state index contributed by atoms with van der Waals surface area (Å²) in [5.74, 6) is -3.84. The van der Waals surface area contributed by atoms with E-state index in [1.54, 1.807) is 20.8 Å². The minimum atomic E-state index is -1.12. The maximum absolute atomic E-state index is 14.4. The predicted molar refractivity (Wildman–Crippen MR) is 182 cm³/mol. The molecule has 1 unspecified atom stereocenters. The summed E-state index contributed by atoms with van der Waals surface area (Å²) in [5.41, 5.74) is 4.17. The number of Topliss-reactive ketones (excluding diaryl/α,β-unsaturated/α-hetero) is 1. The number of rotatable bonds is 11. The van der Waals surface area contributed by atoms with Gasteiger partial charge in [-0.15, -0.1) is 0 Å². The molecule has 6 atom stereocenters. The number of nitrogens with one attached hydrogen (secondary N) is 3. The first-order chi connectivity index (χ1) is 23.1. The predicted octanol–water partition coefficient (Wildman–Crippen LogP) is 2.02. The molecule has 272 valence electrons. The molecule has 7 amide bonds. The van der Waals surface area contributed by atoms with Gasteiger partial charge in [0.05, 0.1) is 29.8 Å². The van der Waals surface area contributed by atoms with Crippen molar-refractivity contribution in [3.05, 3.63) is 29.6 Å². The van der Waals surface area contributed by atoms with Crippen LogP contribution in [-0.4, -0.2) is 93.4 Å². The second kappa shape index (κ2) is 13.1. The van der Waals surface area contributed by atoms with E-state index in [1.165, 1.54) is 23.4 Å². The summed E-state index contributed by atoms with van der Waals surface area (Å²) in [6, 6.07) is -2.92. The highest BCUT2D eigenvalue weighted by molar-refractivity contribution is 6.37. The van der Waals surface area contributed by atoms with E-state index in [1.807, 2.05) is 34.6 Å². The largest absolute Gasteiger partial charge is 0.363 e. The van der Waals surface area contributed by atoms with Crippen molar-refractivity contribution in [1.29, 1.82) is 0 Å². The molecule has 50 heavy (non-hydrogen) atoms. The first kappa shape index (κ1) is 36.9. The van der Waals surface area contributed by atoms with Crippen LogP contribution in [0.25, 0.3) is 0 Å². The fourth-order valence-corrected chi connectivity index (χ4v) is 7.70. The van der Waals surface area contributed by atoms with Crippen molar-refractivity contribution in [3.8, 4) is 0 Å². The molecule has 0 aromatic carbocycles. The van der Waals surface area contributed by atoms with E-state index in [4.69, 9.17) is 5.73 Å². The third-order valence-electron chi connectivity index (χ3n) is 11.3. The van der Waals surface area contributed by atoms with Crippen molar-refractivity contribution in [2.75, 3.05) is 13.1 Å². The second-order valence-corrected chi connectivity index (χ2v) is 17.2. The monoisotopic (exact) mass is 693 g/mol. The van der Waals surface area contributed by atoms with Crippen molar-refractivity contribution in [2.45, 2.75) is 105 Å². The molecular formula is C36H51N7O7. The van der Waals surface area contributed by atoms with Gasteiger partial charge < -0.3 is 26.6 Å². The molecule has 0 spiro atoms. The number of amides is 7. The average molecular weight is 694 g/mol. The first-order valence-corrected chi connectivity index (χ1v) is 17.5. The van der Waals surface area contributed by atoms with E-state index in [-0.39, 0.29) is 40.8 Å². The minimum Gasteiger partial charge on any atom is -0.363 e. The Bertz CT molecular complexity index is 1570. The van der Waals surface area contributed by atoms with E-state index < -0.39 is 76.3 Å². The van der Waals surface area contributed by atoms with Gasteiger partial charge in [0.15, 0.2) is 0 Å². The van der Waals surface area contributed by atoms with Gasteiger partial charge in [-0.3, -0.25) is 38.7 Å². The average Bonchev–Trinajstić information content (AvgIpc) is 3.27. The fourth-order valence-electron chi connectivity index (χ4n) is 7.70. The van der Waals surface area contributed by atoms with Crippen molar-refractivity contribution >= 4 is 41.4 Å². The molecule has 14 heteroatoms. The number of pyridine rings is 1. The highest BCUT2D eigenvalue weighted by Crippen LogP contribution is 2.65. The lowest BCUT2D eigenvalue weighted by Crippen LogP contribution is -2.63. The summed E-state index contributed by atoms with van der Waals surface area (Å²) in [7, 11) is 0. The molecule has 0 radical (unpaired) electrons. The first-order valence-electron chi connectivity index (χ1n) is 17.5. The van der Waals surface area contributed by atoms with E-state index >= 15 is 0 Å². The molecule has 5 rings (SSSR count). The van der Waals surface area contributed by atoms with Gasteiger partial charge in [-0.25, -0.2) is 4.79 Å². The van der Waals surface area contributed by atoms with Gasteiger partial charge in [-0.1, -0.05) is 74.7 Å². The Morgan fingerprint density at radius 2 is 1.60 bits per heavy atom. The number of primary amides is 1. The van der Waals surface area contributed by atoms with E-state index in [9.17, 15) is 33.6 Å². The van der Waals surface area contributed by atoms with Crippen LogP contribution >= 0.6 is 0 Å². The molecule has 1 saturated heterocycles. The Morgan fingerprint density at radius 3 is 2.14 bits per heavy atom. The Morgan fingerprint density at radius 1 is 0.960 bits per heavy atom. The third-order valence-corrected chi connectivity index (χ3v) is 11.3. The summed E-state index contributed by atoms with van der Waals surface area (Å²) >= 11 is 0. The van der Waals surface area contributed by atoms with Gasteiger partial charge in [-0.05, 0) is 46.5 Å². The van der Waals surface area contributed by atoms with E-state index in [0.717, 1.165) is 24.2 Å². The number of ketones is 1. The van der Waals surface area contributed by atoms with Crippen LogP contribution < -0.4 is 21.7 Å². The number of likely N-dealkylation sites (tertiary alicyclic amines) is 1. The standard InChI is InChI=1S/C36H51N7O7/c1-34(2,3)23(17-43-30(47)19-12-13-38-15-20(19)31(43)48)40-33(50)41-27(35(4,5)6)32(49)42-16-21-24(36(21,7)8)25(42)29(46)39-22(26(44)28(37)45)14-18-10-9-11-18/h12-13,15,18,21-25,27H,9-11,14,16-17H2,1-8H3,(H2,37,45)(H,39,46)(H2,40,41,50)/t21-,22?,23+,24-,25-,27+/m0/s1. The van der Waals surface area contributed by atoms with Gasteiger partial charge in [0, 0.05) is 18.9 Å².